The number of nitrogens with zero attached hydrogens (tertiary/aromatic N) is 1. The minimum atomic E-state index is 0.802. The Morgan fingerprint density at radius 2 is 1.57 bits per heavy atom. The lowest BCUT2D eigenvalue weighted by Crippen LogP contribution is -2.43. The molecule has 0 bridgehead atoms. The van der Waals surface area contributed by atoms with Crippen LogP contribution >= 0.6 is 0 Å². The lowest BCUT2D eigenvalue weighted by atomic mass is 9.89. The van der Waals surface area contributed by atoms with Crippen LogP contribution in [0.4, 0.5) is 0 Å². The van der Waals surface area contributed by atoms with Crippen molar-refractivity contribution in [3.05, 3.63) is 0 Å². The topological polar surface area (TPSA) is 15.3 Å². The van der Waals surface area contributed by atoms with Crippen molar-refractivity contribution in [1.82, 2.24) is 10.2 Å². The Balaban J connectivity index is 1.76. The normalized spacial score (nSPS) is 35.8. The summed E-state index contributed by atoms with van der Waals surface area (Å²) >= 11 is 0. The molecule has 0 aromatic rings. The number of piperidine rings is 1. The lowest BCUT2D eigenvalue weighted by molar-refractivity contribution is 0.122. The third-order valence-electron chi connectivity index (χ3n) is 4.01. The molecule has 2 fully saturated rings. The minimum absolute atomic E-state index is 0.802. The Hall–Kier alpha value is -0.0800. The van der Waals surface area contributed by atoms with Crippen LogP contribution in [0.25, 0.3) is 0 Å². The molecule has 0 atom stereocenters. The average Bonchev–Trinajstić information content (AvgIpc) is 2.30. The second-order valence-corrected chi connectivity index (χ2v) is 4.89. The Kier molecular flexibility index (Phi) is 3.82. The van der Waals surface area contributed by atoms with Gasteiger partial charge in [-0.25, -0.2) is 0 Å². The Morgan fingerprint density at radius 1 is 0.929 bits per heavy atom. The fourth-order valence-corrected chi connectivity index (χ4v) is 3.01. The van der Waals surface area contributed by atoms with Crippen LogP contribution in [0.1, 0.15) is 44.9 Å². The van der Waals surface area contributed by atoms with Crippen LogP contribution in [-0.4, -0.2) is 37.1 Å². The first kappa shape index (κ1) is 10.4. The molecule has 0 spiro atoms. The zero-order valence-electron chi connectivity index (χ0n) is 9.47. The van der Waals surface area contributed by atoms with E-state index in [2.05, 4.69) is 17.3 Å². The van der Waals surface area contributed by atoms with Crippen molar-refractivity contribution >= 4 is 0 Å². The van der Waals surface area contributed by atoms with E-state index in [1.165, 1.54) is 58.0 Å². The number of nitrogens with one attached hydrogen (secondary N) is 1. The summed E-state index contributed by atoms with van der Waals surface area (Å²) < 4.78 is 0. The van der Waals surface area contributed by atoms with Gasteiger partial charge in [0.25, 0.3) is 0 Å². The molecule has 2 aliphatic rings. The van der Waals surface area contributed by atoms with Gasteiger partial charge in [0.2, 0.25) is 0 Å². The highest BCUT2D eigenvalue weighted by Crippen LogP contribution is 2.25. The molecule has 2 rings (SSSR count). The SMILES string of the molecule is CN[C@H]1CC[C@H](N2CCCCC2)CC1. The van der Waals surface area contributed by atoms with E-state index in [9.17, 15) is 0 Å². The molecule has 1 aliphatic heterocycles. The van der Waals surface area contributed by atoms with E-state index in [0.29, 0.717) is 0 Å². The second-order valence-electron chi connectivity index (χ2n) is 4.89. The molecule has 0 aromatic carbocycles. The van der Waals surface area contributed by atoms with E-state index in [1.54, 1.807) is 0 Å². The van der Waals surface area contributed by atoms with Crippen LogP contribution in [0.15, 0.2) is 0 Å². The molecule has 1 heterocycles. The monoisotopic (exact) mass is 196 g/mol. The molecule has 2 nitrogen and oxygen atoms in total. The molecule has 1 N–H and O–H groups in total. The Bertz CT molecular complexity index is 156. The molecule has 0 aromatic heterocycles. The second kappa shape index (κ2) is 5.13. The highest BCUT2D eigenvalue weighted by Gasteiger charge is 2.25. The molecular weight excluding hydrogens is 172 g/mol. The van der Waals surface area contributed by atoms with Crippen LogP contribution in [0.3, 0.4) is 0 Å². The molecule has 1 saturated carbocycles. The van der Waals surface area contributed by atoms with Crippen molar-refractivity contribution in [2.45, 2.75) is 57.0 Å². The molecule has 0 radical (unpaired) electrons. The zero-order chi connectivity index (χ0) is 9.80. The third-order valence-corrected chi connectivity index (χ3v) is 4.01. The van der Waals surface area contributed by atoms with Gasteiger partial charge in [0.1, 0.15) is 0 Å². The lowest BCUT2D eigenvalue weighted by Gasteiger charge is -2.38. The van der Waals surface area contributed by atoms with Gasteiger partial charge in [-0.2, -0.15) is 0 Å². The first-order chi connectivity index (χ1) is 6.90. The van der Waals surface area contributed by atoms with Gasteiger partial charge in [0.05, 0.1) is 0 Å². The van der Waals surface area contributed by atoms with Crippen molar-refractivity contribution < 1.29 is 0 Å². The third kappa shape index (κ3) is 2.48. The summed E-state index contributed by atoms with van der Waals surface area (Å²) in [5.41, 5.74) is 0. The summed E-state index contributed by atoms with van der Waals surface area (Å²) in [6, 6.07) is 1.72. The van der Waals surface area contributed by atoms with Crippen molar-refractivity contribution in [1.29, 1.82) is 0 Å². The van der Waals surface area contributed by atoms with Gasteiger partial charge in [0, 0.05) is 12.1 Å². The Labute approximate surface area is 88.1 Å². The van der Waals surface area contributed by atoms with Crippen LogP contribution in [0.2, 0.25) is 0 Å². The van der Waals surface area contributed by atoms with Gasteiger partial charge in [0.15, 0.2) is 0 Å². The van der Waals surface area contributed by atoms with E-state index < -0.39 is 0 Å². The largest absolute Gasteiger partial charge is 0.317 e. The number of rotatable bonds is 2. The number of hydrogen-bond donors (Lipinski definition) is 1. The summed E-state index contributed by atoms with van der Waals surface area (Å²) in [6.07, 6.45) is 9.95. The van der Waals surface area contributed by atoms with Gasteiger partial charge in [-0.05, 0) is 58.7 Å². The maximum absolute atomic E-state index is 3.41. The van der Waals surface area contributed by atoms with Crippen molar-refractivity contribution in [2.24, 2.45) is 0 Å². The van der Waals surface area contributed by atoms with Crippen LogP contribution < -0.4 is 5.32 Å². The molecule has 82 valence electrons. The fraction of sp³-hybridized carbons (Fsp3) is 1.00. The molecule has 0 amide bonds. The standard InChI is InChI=1S/C12H24N2/c1-13-11-5-7-12(8-6-11)14-9-3-2-4-10-14/h11-13H,2-10H2,1H3/t11-,12-. The summed E-state index contributed by atoms with van der Waals surface area (Å²) in [4.78, 5) is 2.75. The van der Waals surface area contributed by atoms with E-state index in [-0.39, 0.29) is 0 Å². The Morgan fingerprint density at radius 3 is 2.14 bits per heavy atom. The molecule has 14 heavy (non-hydrogen) atoms. The van der Waals surface area contributed by atoms with E-state index in [0.717, 1.165) is 12.1 Å². The van der Waals surface area contributed by atoms with Gasteiger partial charge in [-0.1, -0.05) is 6.42 Å². The first-order valence-corrected chi connectivity index (χ1v) is 6.31. The highest BCUT2D eigenvalue weighted by molar-refractivity contribution is 4.83. The fourth-order valence-electron chi connectivity index (χ4n) is 3.01. The summed E-state index contributed by atoms with van der Waals surface area (Å²) in [5, 5.41) is 3.41. The number of hydrogen-bond acceptors (Lipinski definition) is 2. The van der Waals surface area contributed by atoms with Crippen LogP contribution in [0, 0.1) is 0 Å². The molecule has 2 heteroatoms. The van der Waals surface area contributed by atoms with Gasteiger partial charge < -0.3 is 10.2 Å². The number of likely N-dealkylation sites (tertiary alicyclic amines) is 1. The van der Waals surface area contributed by atoms with Crippen LogP contribution in [0.5, 0.6) is 0 Å². The molecule has 0 unspecified atom stereocenters. The van der Waals surface area contributed by atoms with Crippen molar-refractivity contribution in [3.63, 3.8) is 0 Å². The summed E-state index contributed by atoms with van der Waals surface area (Å²) in [6.45, 7) is 2.74. The maximum atomic E-state index is 3.41. The summed E-state index contributed by atoms with van der Waals surface area (Å²) in [5.74, 6) is 0. The van der Waals surface area contributed by atoms with E-state index >= 15 is 0 Å². The smallest absolute Gasteiger partial charge is 0.00964 e. The van der Waals surface area contributed by atoms with E-state index in [4.69, 9.17) is 0 Å². The van der Waals surface area contributed by atoms with Crippen molar-refractivity contribution in [3.8, 4) is 0 Å². The maximum Gasteiger partial charge on any atom is 0.00964 e. The average molecular weight is 196 g/mol. The van der Waals surface area contributed by atoms with E-state index in [1.807, 2.05) is 0 Å². The van der Waals surface area contributed by atoms with Crippen LogP contribution in [-0.2, 0) is 0 Å². The summed E-state index contributed by atoms with van der Waals surface area (Å²) in [7, 11) is 2.10. The predicted molar refractivity (Wildman–Crippen MR) is 60.5 cm³/mol. The molecular formula is C12H24N2. The molecule has 1 saturated heterocycles. The van der Waals surface area contributed by atoms with Gasteiger partial charge in [-0.15, -0.1) is 0 Å². The minimum Gasteiger partial charge on any atom is -0.317 e. The van der Waals surface area contributed by atoms with Gasteiger partial charge in [-0.3, -0.25) is 0 Å². The quantitative estimate of drug-likeness (QED) is 0.727. The first-order valence-electron chi connectivity index (χ1n) is 6.31. The highest BCUT2D eigenvalue weighted by atomic mass is 15.2. The zero-order valence-corrected chi connectivity index (χ0v) is 9.47. The molecule has 1 aliphatic carbocycles. The van der Waals surface area contributed by atoms with Gasteiger partial charge >= 0.3 is 0 Å². The van der Waals surface area contributed by atoms with Crippen molar-refractivity contribution in [2.75, 3.05) is 20.1 Å². The predicted octanol–water partition coefficient (Wildman–Crippen LogP) is 2.00.